The summed E-state index contributed by atoms with van der Waals surface area (Å²) in [6, 6.07) is 6.20. The summed E-state index contributed by atoms with van der Waals surface area (Å²) in [7, 11) is -1.64. The molecular weight excluding hydrogens is 252 g/mol. The molecule has 5 nitrogen and oxygen atoms in total. The summed E-state index contributed by atoms with van der Waals surface area (Å²) < 4.78 is 26.6. The number of likely N-dealkylation sites (N-methyl/N-ethyl adjacent to an activating group) is 1. The van der Waals surface area contributed by atoms with Crippen molar-refractivity contribution in [1.82, 2.24) is 9.62 Å². The molecule has 1 heterocycles. The van der Waals surface area contributed by atoms with Crippen LogP contribution in [0.2, 0.25) is 0 Å². The number of phenols is 1. The molecule has 1 fully saturated rings. The van der Waals surface area contributed by atoms with Crippen molar-refractivity contribution in [3.05, 3.63) is 24.3 Å². The van der Waals surface area contributed by atoms with E-state index in [1.54, 1.807) is 12.1 Å². The Morgan fingerprint density at radius 1 is 1.44 bits per heavy atom. The minimum absolute atomic E-state index is 0.0642. The number of aromatic hydroxyl groups is 1. The molecule has 1 aliphatic heterocycles. The molecule has 0 amide bonds. The number of hydrogen-bond donors (Lipinski definition) is 2. The molecule has 2 rings (SSSR count). The number of phenolic OH excluding ortho intramolecular Hbond substituents is 1. The second kappa shape index (κ2) is 5.26. The molecule has 1 atom stereocenters. The zero-order valence-corrected chi connectivity index (χ0v) is 11.2. The van der Waals surface area contributed by atoms with Crippen molar-refractivity contribution in [2.45, 2.75) is 23.8 Å². The Bertz CT molecular complexity index is 516. The van der Waals surface area contributed by atoms with Crippen molar-refractivity contribution in [1.29, 1.82) is 0 Å². The van der Waals surface area contributed by atoms with Crippen LogP contribution in [0.3, 0.4) is 0 Å². The highest BCUT2D eigenvalue weighted by molar-refractivity contribution is 7.89. The normalized spacial score (nSPS) is 21.3. The number of sulfonamides is 1. The monoisotopic (exact) mass is 270 g/mol. The van der Waals surface area contributed by atoms with Gasteiger partial charge in [0.15, 0.2) is 0 Å². The van der Waals surface area contributed by atoms with Gasteiger partial charge in [0.05, 0.1) is 0 Å². The van der Waals surface area contributed by atoms with E-state index >= 15 is 0 Å². The second-order valence-electron chi connectivity index (χ2n) is 4.60. The molecule has 1 aromatic carbocycles. The van der Waals surface area contributed by atoms with Gasteiger partial charge in [-0.2, -0.15) is 0 Å². The Balaban J connectivity index is 2.06. The first-order chi connectivity index (χ1) is 8.50. The molecule has 100 valence electrons. The van der Waals surface area contributed by atoms with Gasteiger partial charge in [0.1, 0.15) is 10.6 Å². The lowest BCUT2D eigenvalue weighted by Gasteiger charge is -2.19. The molecule has 0 bridgehead atoms. The van der Waals surface area contributed by atoms with Crippen LogP contribution in [0.5, 0.6) is 5.75 Å². The van der Waals surface area contributed by atoms with Crippen LogP contribution in [0.4, 0.5) is 0 Å². The van der Waals surface area contributed by atoms with Crippen molar-refractivity contribution in [3.8, 4) is 5.75 Å². The van der Waals surface area contributed by atoms with Gasteiger partial charge in [0.25, 0.3) is 0 Å². The van der Waals surface area contributed by atoms with Crippen LogP contribution >= 0.6 is 0 Å². The predicted molar refractivity (Wildman–Crippen MR) is 68.9 cm³/mol. The smallest absolute Gasteiger partial charge is 0.244 e. The maximum Gasteiger partial charge on any atom is 0.244 e. The standard InChI is InChI=1S/C12H18N2O3S/c1-14-8-4-5-10(14)9-13-18(16,17)12-7-3-2-6-11(12)15/h2-3,6-7,10,13,15H,4-5,8-9H2,1H3. The van der Waals surface area contributed by atoms with Crippen LogP contribution in [-0.2, 0) is 10.0 Å². The first kappa shape index (κ1) is 13.3. The third kappa shape index (κ3) is 2.82. The number of nitrogens with one attached hydrogen (secondary N) is 1. The van der Waals surface area contributed by atoms with Gasteiger partial charge < -0.3 is 10.0 Å². The molecule has 1 aromatic rings. The largest absolute Gasteiger partial charge is 0.507 e. The fourth-order valence-electron chi connectivity index (χ4n) is 2.21. The van der Waals surface area contributed by atoms with Gasteiger partial charge in [-0.15, -0.1) is 0 Å². The van der Waals surface area contributed by atoms with Crippen LogP contribution in [0, 0.1) is 0 Å². The maximum atomic E-state index is 12.0. The number of likely N-dealkylation sites (tertiary alicyclic amines) is 1. The minimum Gasteiger partial charge on any atom is -0.507 e. The molecular formula is C12H18N2O3S. The average molecular weight is 270 g/mol. The van der Waals surface area contributed by atoms with Gasteiger partial charge in [-0.1, -0.05) is 12.1 Å². The predicted octanol–water partition coefficient (Wildman–Crippen LogP) is 0.765. The Labute approximate surface area is 107 Å². The second-order valence-corrected chi connectivity index (χ2v) is 6.33. The quantitative estimate of drug-likeness (QED) is 0.847. The summed E-state index contributed by atoms with van der Waals surface area (Å²) in [5, 5.41) is 9.56. The number of nitrogens with zero attached hydrogens (tertiary/aromatic N) is 1. The molecule has 0 aromatic heterocycles. The molecule has 2 N–H and O–H groups in total. The van der Waals surface area contributed by atoms with Crippen molar-refractivity contribution in [2.75, 3.05) is 20.1 Å². The molecule has 1 aliphatic rings. The summed E-state index contributed by atoms with van der Waals surface area (Å²) in [6.45, 7) is 1.39. The summed E-state index contributed by atoms with van der Waals surface area (Å²) in [6.07, 6.45) is 2.10. The van der Waals surface area contributed by atoms with Crippen molar-refractivity contribution in [3.63, 3.8) is 0 Å². The van der Waals surface area contributed by atoms with Crippen molar-refractivity contribution in [2.24, 2.45) is 0 Å². The fourth-order valence-corrected chi connectivity index (χ4v) is 3.37. The molecule has 1 unspecified atom stereocenters. The average Bonchev–Trinajstić information content (AvgIpc) is 2.73. The van der Waals surface area contributed by atoms with Gasteiger partial charge in [-0.3, -0.25) is 0 Å². The summed E-state index contributed by atoms with van der Waals surface area (Å²) in [5.41, 5.74) is 0. The van der Waals surface area contributed by atoms with E-state index in [1.165, 1.54) is 12.1 Å². The van der Waals surface area contributed by atoms with Gasteiger partial charge in [0.2, 0.25) is 10.0 Å². The zero-order chi connectivity index (χ0) is 13.2. The fraction of sp³-hybridized carbons (Fsp3) is 0.500. The zero-order valence-electron chi connectivity index (χ0n) is 10.3. The molecule has 0 radical (unpaired) electrons. The van der Waals surface area contributed by atoms with Crippen molar-refractivity contribution >= 4 is 10.0 Å². The molecule has 0 saturated carbocycles. The van der Waals surface area contributed by atoms with Crippen LogP contribution in [-0.4, -0.2) is 44.6 Å². The van der Waals surface area contributed by atoms with Crippen LogP contribution < -0.4 is 4.72 Å². The number of benzene rings is 1. The Morgan fingerprint density at radius 2 is 2.17 bits per heavy atom. The molecule has 1 saturated heterocycles. The molecule has 0 spiro atoms. The first-order valence-electron chi connectivity index (χ1n) is 5.98. The molecule has 6 heteroatoms. The maximum absolute atomic E-state index is 12.0. The van der Waals surface area contributed by atoms with E-state index < -0.39 is 10.0 Å². The van der Waals surface area contributed by atoms with Gasteiger partial charge >= 0.3 is 0 Å². The first-order valence-corrected chi connectivity index (χ1v) is 7.47. The van der Waals surface area contributed by atoms with E-state index in [4.69, 9.17) is 0 Å². The van der Waals surface area contributed by atoms with Gasteiger partial charge in [-0.05, 0) is 38.6 Å². The van der Waals surface area contributed by atoms with E-state index in [1.807, 2.05) is 7.05 Å². The highest BCUT2D eigenvalue weighted by Crippen LogP contribution is 2.21. The molecule has 0 aliphatic carbocycles. The highest BCUT2D eigenvalue weighted by atomic mass is 32.2. The number of hydrogen-bond acceptors (Lipinski definition) is 4. The lowest BCUT2D eigenvalue weighted by Crippen LogP contribution is -2.38. The van der Waals surface area contributed by atoms with E-state index in [0.717, 1.165) is 19.4 Å². The third-order valence-corrected chi connectivity index (χ3v) is 4.81. The van der Waals surface area contributed by atoms with Crippen LogP contribution in [0.1, 0.15) is 12.8 Å². The van der Waals surface area contributed by atoms with E-state index in [0.29, 0.717) is 6.54 Å². The van der Waals surface area contributed by atoms with E-state index in [9.17, 15) is 13.5 Å². The minimum atomic E-state index is -3.63. The van der Waals surface area contributed by atoms with Gasteiger partial charge in [-0.25, -0.2) is 13.1 Å². The lowest BCUT2D eigenvalue weighted by atomic mass is 10.2. The Kier molecular flexibility index (Phi) is 3.89. The Morgan fingerprint density at radius 3 is 2.78 bits per heavy atom. The number of para-hydroxylation sites is 1. The third-order valence-electron chi connectivity index (χ3n) is 3.34. The van der Waals surface area contributed by atoms with Gasteiger partial charge in [0, 0.05) is 12.6 Å². The van der Waals surface area contributed by atoms with E-state index in [-0.39, 0.29) is 16.7 Å². The molecule has 18 heavy (non-hydrogen) atoms. The highest BCUT2D eigenvalue weighted by Gasteiger charge is 2.24. The summed E-state index contributed by atoms with van der Waals surface area (Å²) >= 11 is 0. The summed E-state index contributed by atoms with van der Waals surface area (Å²) in [4.78, 5) is 2.08. The summed E-state index contributed by atoms with van der Waals surface area (Å²) in [5.74, 6) is -0.218. The van der Waals surface area contributed by atoms with Crippen molar-refractivity contribution < 1.29 is 13.5 Å². The van der Waals surface area contributed by atoms with Crippen LogP contribution in [0.15, 0.2) is 29.2 Å². The van der Waals surface area contributed by atoms with Crippen LogP contribution in [0.25, 0.3) is 0 Å². The number of rotatable bonds is 4. The SMILES string of the molecule is CN1CCCC1CNS(=O)(=O)c1ccccc1O. The van der Waals surface area contributed by atoms with E-state index in [2.05, 4.69) is 9.62 Å². The lowest BCUT2D eigenvalue weighted by molar-refractivity contribution is 0.310. The topological polar surface area (TPSA) is 69.6 Å². The Hall–Kier alpha value is -1.11.